The Balaban J connectivity index is 2.41. The first-order chi connectivity index (χ1) is 8.65. The zero-order valence-corrected chi connectivity index (χ0v) is 11.8. The number of hydrogen-bond acceptors (Lipinski definition) is 2. The Labute approximate surface area is 109 Å². The van der Waals surface area contributed by atoms with Crippen LogP contribution in [0.5, 0.6) is 0 Å². The SMILES string of the molecule is CCNCCc1coc2c(C(C)C)ccc(C)c12. The van der Waals surface area contributed by atoms with Gasteiger partial charge in [0.1, 0.15) is 5.58 Å². The summed E-state index contributed by atoms with van der Waals surface area (Å²) in [5.41, 5.74) is 5.03. The molecule has 0 bridgehead atoms. The van der Waals surface area contributed by atoms with E-state index >= 15 is 0 Å². The number of aryl methyl sites for hydroxylation is 1. The molecule has 0 aliphatic heterocycles. The molecule has 0 saturated heterocycles. The number of likely N-dealkylation sites (N-methyl/N-ethyl adjacent to an activating group) is 1. The Kier molecular flexibility index (Phi) is 4.07. The van der Waals surface area contributed by atoms with Crippen LogP contribution < -0.4 is 5.32 Å². The van der Waals surface area contributed by atoms with Gasteiger partial charge in [-0.05, 0) is 49.0 Å². The van der Waals surface area contributed by atoms with Gasteiger partial charge in [-0.3, -0.25) is 0 Å². The second kappa shape index (κ2) is 5.57. The molecule has 1 aromatic heterocycles. The van der Waals surface area contributed by atoms with Crippen molar-refractivity contribution < 1.29 is 4.42 Å². The Morgan fingerprint density at radius 2 is 2.06 bits per heavy atom. The maximum atomic E-state index is 5.83. The van der Waals surface area contributed by atoms with Gasteiger partial charge in [-0.2, -0.15) is 0 Å². The molecule has 18 heavy (non-hydrogen) atoms. The second-order valence-electron chi connectivity index (χ2n) is 5.20. The lowest BCUT2D eigenvalue weighted by Crippen LogP contribution is -2.15. The van der Waals surface area contributed by atoms with Gasteiger partial charge in [-0.15, -0.1) is 0 Å². The number of hydrogen-bond donors (Lipinski definition) is 1. The van der Waals surface area contributed by atoms with Gasteiger partial charge in [-0.25, -0.2) is 0 Å². The Hall–Kier alpha value is -1.28. The molecule has 0 aliphatic rings. The van der Waals surface area contributed by atoms with E-state index in [0.29, 0.717) is 5.92 Å². The molecule has 1 N–H and O–H groups in total. The highest BCUT2D eigenvalue weighted by molar-refractivity contribution is 5.87. The predicted molar refractivity (Wildman–Crippen MR) is 77.3 cm³/mol. The van der Waals surface area contributed by atoms with Gasteiger partial charge in [0.2, 0.25) is 0 Å². The molecule has 0 amide bonds. The zero-order chi connectivity index (χ0) is 13.1. The van der Waals surface area contributed by atoms with Crippen molar-refractivity contribution in [2.75, 3.05) is 13.1 Å². The van der Waals surface area contributed by atoms with Crippen LogP contribution in [0, 0.1) is 6.92 Å². The topological polar surface area (TPSA) is 25.2 Å². The molecule has 0 fully saturated rings. The van der Waals surface area contributed by atoms with Gasteiger partial charge in [0, 0.05) is 5.39 Å². The molecule has 98 valence electrons. The lowest BCUT2D eigenvalue weighted by molar-refractivity contribution is 0.599. The highest BCUT2D eigenvalue weighted by Gasteiger charge is 2.14. The van der Waals surface area contributed by atoms with Crippen LogP contribution in [0.4, 0.5) is 0 Å². The summed E-state index contributed by atoms with van der Waals surface area (Å²) in [6.45, 7) is 10.8. The number of furan rings is 1. The van der Waals surface area contributed by atoms with E-state index in [1.54, 1.807) is 0 Å². The van der Waals surface area contributed by atoms with Crippen LogP contribution in [-0.4, -0.2) is 13.1 Å². The third-order valence-corrected chi connectivity index (χ3v) is 3.48. The summed E-state index contributed by atoms with van der Waals surface area (Å²) in [4.78, 5) is 0. The van der Waals surface area contributed by atoms with E-state index in [-0.39, 0.29) is 0 Å². The summed E-state index contributed by atoms with van der Waals surface area (Å²) in [7, 11) is 0. The van der Waals surface area contributed by atoms with Crippen molar-refractivity contribution in [2.45, 2.75) is 40.0 Å². The molecule has 0 radical (unpaired) electrons. The Morgan fingerprint density at radius 3 is 2.72 bits per heavy atom. The van der Waals surface area contributed by atoms with Crippen molar-refractivity contribution in [1.82, 2.24) is 5.32 Å². The average Bonchev–Trinajstić information content (AvgIpc) is 2.74. The molecule has 2 rings (SSSR count). The summed E-state index contributed by atoms with van der Waals surface area (Å²) < 4.78 is 5.83. The van der Waals surface area contributed by atoms with Crippen molar-refractivity contribution in [1.29, 1.82) is 0 Å². The van der Waals surface area contributed by atoms with Crippen LogP contribution in [-0.2, 0) is 6.42 Å². The number of nitrogens with one attached hydrogen (secondary N) is 1. The summed E-state index contributed by atoms with van der Waals surface area (Å²) in [6.07, 6.45) is 2.96. The van der Waals surface area contributed by atoms with E-state index in [2.05, 4.69) is 45.1 Å². The molecule has 2 nitrogen and oxygen atoms in total. The molecule has 0 atom stereocenters. The molecule has 0 spiro atoms. The Morgan fingerprint density at radius 1 is 1.28 bits per heavy atom. The van der Waals surface area contributed by atoms with Gasteiger partial charge >= 0.3 is 0 Å². The van der Waals surface area contributed by atoms with Gasteiger partial charge < -0.3 is 9.73 Å². The van der Waals surface area contributed by atoms with Crippen molar-refractivity contribution in [2.24, 2.45) is 0 Å². The fraction of sp³-hybridized carbons (Fsp3) is 0.500. The number of rotatable bonds is 5. The van der Waals surface area contributed by atoms with Crippen LogP contribution >= 0.6 is 0 Å². The molecule has 0 unspecified atom stereocenters. The van der Waals surface area contributed by atoms with E-state index in [0.717, 1.165) is 25.1 Å². The van der Waals surface area contributed by atoms with Gasteiger partial charge in [0.25, 0.3) is 0 Å². The number of fused-ring (bicyclic) bond motifs is 1. The zero-order valence-electron chi connectivity index (χ0n) is 11.8. The minimum absolute atomic E-state index is 0.501. The molecule has 1 aromatic carbocycles. The first-order valence-corrected chi connectivity index (χ1v) is 6.85. The van der Waals surface area contributed by atoms with E-state index in [1.807, 2.05) is 6.26 Å². The molecule has 2 heteroatoms. The van der Waals surface area contributed by atoms with Crippen LogP contribution in [0.2, 0.25) is 0 Å². The fourth-order valence-electron chi connectivity index (χ4n) is 2.45. The maximum absolute atomic E-state index is 5.83. The largest absolute Gasteiger partial charge is 0.464 e. The summed E-state index contributed by atoms with van der Waals surface area (Å²) in [5, 5.41) is 4.69. The first kappa shape index (κ1) is 13.2. The third kappa shape index (κ3) is 2.44. The van der Waals surface area contributed by atoms with Crippen molar-refractivity contribution >= 4 is 11.0 Å². The van der Waals surface area contributed by atoms with E-state index in [9.17, 15) is 0 Å². The molecule has 0 saturated carbocycles. The molecule has 2 aromatic rings. The third-order valence-electron chi connectivity index (χ3n) is 3.48. The van der Waals surface area contributed by atoms with Crippen LogP contribution in [0.25, 0.3) is 11.0 Å². The van der Waals surface area contributed by atoms with Crippen LogP contribution in [0.1, 0.15) is 43.4 Å². The molecule has 0 aliphatic carbocycles. The Bertz CT molecular complexity index is 525. The van der Waals surface area contributed by atoms with Crippen molar-refractivity contribution in [3.8, 4) is 0 Å². The normalized spacial score (nSPS) is 11.6. The minimum Gasteiger partial charge on any atom is -0.464 e. The first-order valence-electron chi connectivity index (χ1n) is 6.85. The summed E-state index contributed by atoms with van der Waals surface area (Å²) in [6, 6.07) is 4.41. The van der Waals surface area contributed by atoms with E-state index in [1.165, 1.54) is 22.1 Å². The van der Waals surface area contributed by atoms with Gasteiger partial charge in [0.05, 0.1) is 6.26 Å². The van der Waals surface area contributed by atoms with Crippen molar-refractivity contribution in [3.05, 3.63) is 35.1 Å². The lowest BCUT2D eigenvalue weighted by atomic mass is 9.96. The van der Waals surface area contributed by atoms with E-state index < -0.39 is 0 Å². The summed E-state index contributed by atoms with van der Waals surface area (Å²) >= 11 is 0. The van der Waals surface area contributed by atoms with Crippen molar-refractivity contribution in [3.63, 3.8) is 0 Å². The highest BCUT2D eigenvalue weighted by Crippen LogP contribution is 2.31. The maximum Gasteiger partial charge on any atom is 0.137 e. The quantitative estimate of drug-likeness (QED) is 0.805. The second-order valence-corrected chi connectivity index (χ2v) is 5.20. The lowest BCUT2D eigenvalue weighted by Gasteiger charge is -2.08. The monoisotopic (exact) mass is 245 g/mol. The molecular formula is C16H23NO. The highest BCUT2D eigenvalue weighted by atomic mass is 16.3. The average molecular weight is 245 g/mol. The van der Waals surface area contributed by atoms with E-state index in [4.69, 9.17) is 4.42 Å². The standard InChI is InChI=1S/C16H23NO/c1-5-17-9-8-13-10-18-16-14(11(2)3)7-6-12(4)15(13)16/h6-7,10-11,17H,5,8-9H2,1-4H3. The molecule has 1 heterocycles. The summed E-state index contributed by atoms with van der Waals surface area (Å²) in [5.74, 6) is 0.501. The van der Waals surface area contributed by atoms with Crippen LogP contribution in [0.15, 0.2) is 22.8 Å². The van der Waals surface area contributed by atoms with Gasteiger partial charge in [-0.1, -0.05) is 32.9 Å². The predicted octanol–water partition coefficient (Wildman–Crippen LogP) is 4.02. The van der Waals surface area contributed by atoms with Gasteiger partial charge in [0.15, 0.2) is 0 Å². The molecular weight excluding hydrogens is 222 g/mol. The number of benzene rings is 1. The smallest absolute Gasteiger partial charge is 0.137 e. The fourth-order valence-corrected chi connectivity index (χ4v) is 2.45. The van der Waals surface area contributed by atoms with Crippen LogP contribution in [0.3, 0.4) is 0 Å². The minimum atomic E-state index is 0.501.